The maximum absolute atomic E-state index is 12.4. The highest BCUT2D eigenvalue weighted by atomic mass is 32.2. The Kier molecular flexibility index (Phi) is 4.79. The second-order valence-electron chi connectivity index (χ2n) is 6.22. The molecule has 1 atom stereocenters. The molecule has 0 unspecified atom stereocenters. The number of hydrogen-bond donors (Lipinski definition) is 1. The summed E-state index contributed by atoms with van der Waals surface area (Å²) < 4.78 is 22.5. The van der Waals surface area contributed by atoms with E-state index in [-0.39, 0.29) is 24.6 Å². The van der Waals surface area contributed by atoms with Crippen molar-refractivity contribution in [1.82, 2.24) is 10.2 Å². The number of aryl methyl sites for hydroxylation is 3. The van der Waals surface area contributed by atoms with Gasteiger partial charge >= 0.3 is 6.03 Å². The molecule has 0 spiro atoms. The normalized spacial score (nSPS) is 18.4. The quantitative estimate of drug-likeness (QED) is 0.824. The lowest BCUT2D eigenvalue weighted by atomic mass is 9.99. The number of nitrogens with one attached hydrogen (secondary N) is 1. The molecule has 126 valence electrons. The standard InChI is InChI=1S/C16H22N2O4S/c1-10-7-11(2)13(12(3)8-10)9-18-15(19)14(17-16(18)20)5-6-23(4,21)22/h7-8,14H,5-6,9H2,1-4H3,(H,17,20)/t14-/m1/s1. The van der Waals surface area contributed by atoms with Crippen molar-refractivity contribution in [3.63, 3.8) is 0 Å². The number of hydrogen-bond acceptors (Lipinski definition) is 4. The van der Waals surface area contributed by atoms with Gasteiger partial charge in [0.2, 0.25) is 0 Å². The smallest absolute Gasteiger partial charge is 0.325 e. The van der Waals surface area contributed by atoms with Crippen LogP contribution in [0, 0.1) is 20.8 Å². The van der Waals surface area contributed by atoms with Gasteiger partial charge in [0.15, 0.2) is 0 Å². The maximum atomic E-state index is 12.4. The SMILES string of the molecule is Cc1cc(C)c(CN2C(=O)N[C@H](CCS(C)(=O)=O)C2=O)c(C)c1. The molecule has 0 aromatic heterocycles. The fourth-order valence-corrected chi connectivity index (χ4v) is 3.54. The molecule has 1 aromatic carbocycles. The number of sulfone groups is 1. The predicted molar refractivity (Wildman–Crippen MR) is 87.9 cm³/mol. The molecule has 0 bridgehead atoms. The third-order valence-corrected chi connectivity index (χ3v) is 5.02. The molecule has 7 heteroatoms. The van der Waals surface area contributed by atoms with Crippen molar-refractivity contribution in [1.29, 1.82) is 0 Å². The number of carbonyl (C=O) groups is 2. The van der Waals surface area contributed by atoms with Gasteiger partial charge in [-0.15, -0.1) is 0 Å². The number of nitrogens with zero attached hydrogens (tertiary/aromatic N) is 1. The van der Waals surface area contributed by atoms with Crippen LogP contribution in [0.2, 0.25) is 0 Å². The summed E-state index contributed by atoms with van der Waals surface area (Å²) in [5.74, 6) is -0.488. The lowest BCUT2D eigenvalue weighted by Gasteiger charge is -2.17. The van der Waals surface area contributed by atoms with E-state index in [1.54, 1.807) is 0 Å². The number of urea groups is 1. The maximum Gasteiger partial charge on any atom is 0.325 e. The van der Waals surface area contributed by atoms with Crippen LogP contribution in [0.5, 0.6) is 0 Å². The molecule has 1 aliphatic rings. The average Bonchev–Trinajstić information content (AvgIpc) is 2.66. The zero-order chi connectivity index (χ0) is 17.4. The topological polar surface area (TPSA) is 83.6 Å². The van der Waals surface area contributed by atoms with Crippen molar-refractivity contribution < 1.29 is 18.0 Å². The molecular weight excluding hydrogens is 316 g/mol. The highest BCUT2D eigenvalue weighted by Gasteiger charge is 2.38. The molecular formula is C16H22N2O4S. The lowest BCUT2D eigenvalue weighted by Crippen LogP contribution is -2.32. The first-order valence-corrected chi connectivity index (χ1v) is 9.51. The molecule has 1 saturated heterocycles. The Morgan fingerprint density at radius 1 is 1.13 bits per heavy atom. The minimum atomic E-state index is -3.17. The minimum absolute atomic E-state index is 0.103. The van der Waals surface area contributed by atoms with Gasteiger partial charge in [-0.3, -0.25) is 9.69 Å². The molecule has 0 aliphatic carbocycles. The summed E-state index contributed by atoms with van der Waals surface area (Å²) in [4.78, 5) is 25.6. The molecule has 1 aromatic rings. The monoisotopic (exact) mass is 338 g/mol. The summed E-state index contributed by atoms with van der Waals surface area (Å²) in [5, 5.41) is 2.57. The molecule has 3 amide bonds. The van der Waals surface area contributed by atoms with Gasteiger partial charge in [-0.2, -0.15) is 0 Å². The van der Waals surface area contributed by atoms with Crippen LogP contribution in [0.4, 0.5) is 4.79 Å². The third-order valence-electron chi connectivity index (χ3n) is 4.04. The Labute approximate surface area is 136 Å². The van der Waals surface area contributed by atoms with Crippen LogP contribution in [0.15, 0.2) is 12.1 Å². The van der Waals surface area contributed by atoms with Gasteiger partial charge in [0.25, 0.3) is 5.91 Å². The number of carbonyl (C=O) groups excluding carboxylic acids is 2. The highest BCUT2D eigenvalue weighted by molar-refractivity contribution is 7.90. The van der Waals surface area contributed by atoms with Gasteiger partial charge in [0.1, 0.15) is 15.9 Å². The highest BCUT2D eigenvalue weighted by Crippen LogP contribution is 2.21. The number of imide groups is 1. The summed E-state index contributed by atoms with van der Waals surface area (Å²) in [6.45, 7) is 6.11. The van der Waals surface area contributed by atoms with Crippen molar-refractivity contribution >= 4 is 21.8 Å². The van der Waals surface area contributed by atoms with Gasteiger partial charge in [-0.1, -0.05) is 17.7 Å². The summed E-state index contributed by atoms with van der Waals surface area (Å²) in [6.07, 6.45) is 1.22. The Hall–Kier alpha value is -1.89. The van der Waals surface area contributed by atoms with Crippen LogP contribution in [0.3, 0.4) is 0 Å². The van der Waals surface area contributed by atoms with Crippen LogP contribution < -0.4 is 5.32 Å². The third kappa shape index (κ3) is 4.10. The molecule has 6 nitrogen and oxygen atoms in total. The van der Waals surface area contributed by atoms with Gasteiger partial charge in [0, 0.05) is 6.26 Å². The van der Waals surface area contributed by atoms with Crippen molar-refractivity contribution in [2.45, 2.75) is 39.8 Å². The number of benzene rings is 1. The first-order chi connectivity index (χ1) is 10.6. The van der Waals surface area contributed by atoms with E-state index in [0.717, 1.165) is 33.4 Å². The molecule has 0 radical (unpaired) electrons. The van der Waals surface area contributed by atoms with Crippen LogP contribution in [-0.4, -0.2) is 43.3 Å². The van der Waals surface area contributed by atoms with Crippen LogP contribution in [0.1, 0.15) is 28.7 Å². The second kappa shape index (κ2) is 6.31. The predicted octanol–water partition coefficient (Wildman–Crippen LogP) is 1.47. The summed E-state index contributed by atoms with van der Waals surface area (Å²) in [6, 6.07) is 2.81. The van der Waals surface area contributed by atoms with Crippen molar-refractivity contribution in [2.75, 3.05) is 12.0 Å². The van der Waals surface area contributed by atoms with E-state index >= 15 is 0 Å². The van der Waals surface area contributed by atoms with Gasteiger partial charge in [0.05, 0.1) is 12.3 Å². The molecule has 1 heterocycles. The zero-order valence-electron chi connectivity index (χ0n) is 13.8. The Bertz CT molecular complexity index is 732. The Morgan fingerprint density at radius 2 is 1.70 bits per heavy atom. The summed E-state index contributed by atoms with van der Waals surface area (Å²) >= 11 is 0. The molecule has 23 heavy (non-hydrogen) atoms. The van der Waals surface area contributed by atoms with Crippen molar-refractivity contribution in [3.8, 4) is 0 Å². The molecule has 1 N–H and O–H groups in total. The van der Waals surface area contributed by atoms with Gasteiger partial charge < -0.3 is 5.32 Å². The largest absolute Gasteiger partial charge is 0.326 e. The van der Waals surface area contributed by atoms with Crippen LogP contribution in [-0.2, 0) is 21.2 Å². The summed E-state index contributed by atoms with van der Waals surface area (Å²) in [7, 11) is -3.17. The Morgan fingerprint density at radius 3 is 2.22 bits per heavy atom. The minimum Gasteiger partial charge on any atom is -0.326 e. The summed E-state index contributed by atoms with van der Waals surface area (Å²) in [5.41, 5.74) is 4.14. The van der Waals surface area contributed by atoms with E-state index in [1.165, 1.54) is 0 Å². The van der Waals surface area contributed by atoms with Crippen LogP contribution >= 0.6 is 0 Å². The first-order valence-electron chi connectivity index (χ1n) is 7.45. The molecule has 0 saturated carbocycles. The lowest BCUT2D eigenvalue weighted by molar-refractivity contribution is -0.127. The number of rotatable bonds is 5. The fraction of sp³-hybridized carbons (Fsp3) is 0.500. The fourth-order valence-electron chi connectivity index (χ4n) is 2.87. The Balaban J connectivity index is 2.15. The van der Waals surface area contributed by atoms with E-state index in [2.05, 4.69) is 5.32 Å². The average molecular weight is 338 g/mol. The molecule has 1 aliphatic heterocycles. The van der Waals surface area contributed by atoms with Gasteiger partial charge in [-0.25, -0.2) is 13.2 Å². The van der Waals surface area contributed by atoms with Crippen LogP contribution in [0.25, 0.3) is 0 Å². The van der Waals surface area contributed by atoms with E-state index < -0.39 is 21.9 Å². The van der Waals surface area contributed by atoms with E-state index in [0.29, 0.717) is 0 Å². The van der Waals surface area contributed by atoms with E-state index in [1.807, 2.05) is 32.9 Å². The van der Waals surface area contributed by atoms with Crippen molar-refractivity contribution in [2.24, 2.45) is 0 Å². The molecule has 2 rings (SSSR count). The van der Waals surface area contributed by atoms with Gasteiger partial charge in [-0.05, 0) is 43.9 Å². The van der Waals surface area contributed by atoms with E-state index in [9.17, 15) is 18.0 Å². The first kappa shape index (κ1) is 17.5. The number of amides is 3. The van der Waals surface area contributed by atoms with E-state index in [4.69, 9.17) is 0 Å². The molecule has 1 fully saturated rings. The second-order valence-corrected chi connectivity index (χ2v) is 8.48. The van der Waals surface area contributed by atoms with Crippen molar-refractivity contribution in [3.05, 3.63) is 34.4 Å². The zero-order valence-corrected chi connectivity index (χ0v) is 14.7.